The van der Waals surface area contributed by atoms with Crippen molar-refractivity contribution in [1.82, 2.24) is 25.2 Å². The van der Waals surface area contributed by atoms with Crippen molar-refractivity contribution in [3.63, 3.8) is 0 Å². The Kier molecular flexibility index (Phi) is 9.11. The van der Waals surface area contributed by atoms with Crippen LogP contribution in [0.25, 0.3) is 16.6 Å². The molecule has 9 nitrogen and oxygen atoms in total. The van der Waals surface area contributed by atoms with Gasteiger partial charge in [-0.3, -0.25) is 9.59 Å². The van der Waals surface area contributed by atoms with Crippen molar-refractivity contribution in [2.75, 3.05) is 6.61 Å². The second-order valence-electron chi connectivity index (χ2n) is 11.3. The minimum atomic E-state index is -0.638. The quantitative estimate of drug-likeness (QED) is 0.187. The second kappa shape index (κ2) is 13.7. The maximum Gasteiger partial charge on any atom is 0.272 e. The molecule has 3 N–H and O–H groups in total. The number of aromatic nitrogens is 3. The minimum Gasteiger partial charge on any atom is -0.438 e. The predicted molar refractivity (Wildman–Crippen MR) is 168 cm³/mol. The number of hydrogen-bond donors (Lipinski definition) is 3. The van der Waals surface area contributed by atoms with Crippen molar-refractivity contribution in [3.8, 4) is 22.8 Å². The van der Waals surface area contributed by atoms with Gasteiger partial charge in [-0.05, 0) is 91.6 Å². The molecule has 1 aliphatic rings. The monoisotopic (exact) mass is 607 g/mol. The number of carbonyl (C=O) groups is 2. The maximum absolute atomic E-state index is 14.2. The topological polar surface area (TPSA) is 118 Å². The molecule has 1 fully saturated rings. The van der Waals surface area contributed by atoms with Crippen molar-refractivity contribution in [1.29, 1.82) is 0 Å². The van der Waals surface area contributed by atoms with Gasteiger partial charge in [-0.1, -0.05) is 42.5 Å². The smallest absolute Gasteiger partial charge is 0.272 e. The van der Waals surface area contributed by atoms with Crippen LogP contribution in [0.4, 0.5) is 4.39 Å². The van der Waals surface area contributed by atoms with Crippen molar-refractivity contribution in [3.05, 3.63) is 114 Å². The Morgan fingerprint density at radius 2 is 1.64 bits per heavy atom. The Hall–Kier alpha value is -5.09. The Bertz CT molecular complexity index is 1760. The number of benzene rings is 2. The van der Waals surface area contributed by atoms with Crippen LogP contribution < -0.4 is 15.4 Å². The van der Waals surface area contributed by atoms with E-state index in [1.54, 1.807) is 22.8 Å². The first-order chi connectivity index (χ1) is 21.9. The van der Waals surface area contributed by atoms with E-state index in [1.165, 1.54) is 0 Å². The third-order valence-corrected chi connectivity index (χ3v) is 8.02. The van der Waals surface area contributed by atoms with E-state index in [-0.39, 0.29) is 36.0 Å². The van der Waals surface area contributed by atoms with Crippen LogP contribution in [0.5, 0.6) is 11.6 Å². The van der Waals surface area contributed by atoms with Gasteiger partial charge in [0.2, 0.25) is 5.88 Å². The summed E-state index contributed by atoms with van der Waals surface area (Å²) >= 11 is 0. The molecule has 1 saturated carbocycles. The third kappa shape index (κ3) is 7.35. The lowest BCUT2D eigenvalue weighted by atomic mass is 9.91. The van der Waals surface area contributed by atoms with Crippen LogP contribution in [0.1, 0.15) is 58.5 Å². The van der Waals surface area contributed by atoms with E-state index >= 15 is 0 Å². The number of halogens is 1. The van der Waals surface area contributed by atoms with Crippen molar-refractivity contribution in [2.45, 2.75) is 50.6 Å². The molecule has 1 aliphatic carbocycles. The number of nitrogens with zero attached hydrogens (tertiary/aromatic N) is 3. The zero-order chi connectivity index (χ0) is 31.2. The second-order valence-corrected chi connectivity index (χ2v) is 11.3. The number of rotatable bonds is 10. The Morgan fingerprint density at radius 1 is 0.889 bits per heavy atom. The van der Waals surface area contributed by atoms with Crippen LogP contribution in [0.15, 0.2) is 91.3 Å². The standard InChI is InChI=1S/C35H34FN5O4/c36-26-20-31(35(37-22-26)45-30-8-3-6-25(19-30)24-11-9-23(10-12-24)5-4-18-42)33(43)38-27-13-15-28(16-14-27)39-34(44)32-21-29-7-1-2-17-41(29)40-32/h1-3,6-12,17,19-22,27-28,42H,4-5,13-16,18H2,(H,38,43)(H,39,44). The lowest BCUT2D eigenvalue weighted by molar-refractivity contribution is 0.0887. The molecule has 2 aromatic carbocycles. The zero-order valence-electron chi connectivity index (χ0n) is 24.7. The van der Waals surface area contributed by atoms with Gasteiger partial charge in [0.1, 0.15) is 17.1 Å². The molecule has 0 atom stereocenters. The summed E-state index contributed by atoms with van der Waals surface area (Å²) in [5.74, 6) is -0.853. The van der Waals surface area contributed by atoms with Crippen LogP contribution >= 0.6 is 0 Å². The van der Waals surface area contributed by atoms with Crippen molar-refractivity contribution >= 4 is 17.3 Å². The molecule has 0 bridgehead atoms. The molecule has 3 aromatic heterocycles. The van der Waals surface area contributed by atoms with E-state index in [0.717, 1.165) is 40.9 Å². The van der Waals surface area contributed by atoms with Gasteiger partial charge in [-0.2, -0.15) is 5.10 Å². The van der Waals surface area contributed by atoms with E-state index in [0.29, 0.717) is 43.5 Å². The molecular formula is C35H34FN5O4. The molecule has 2 amide bonds. The number of aryl methyl sites for hydroxylation is 1. The van der Waals surface area contributed by atoms with Crippen LogP contribution in [0.3, 0.4) is 0 Å². The number of fused-ring (bicyclic) bond motifs is 1. The van der Waals surface area contributed by atoms with E-state index in [9.17, 15) is 14.0 Å². The molecule has 45 heavy (non-hydrogen) atoms. The van der Waals surface area contributed by atoms with Gasteiger partial charge in [0.05, 0.1) is 11.7 Å². The van der Waals surface area contributed by atoms with Gasteiger partial charge in [-0.15, -0.1) is 0 Å². The average Bonchev–Trinajstić information content (AvgIpc) is 3.51. The van der Waals surface area contributed by atoms with E-state index in [2.05, 4.69) is 20.7 Å². The normalized spacial score (nSPS) is 16.3. The summed E-state index contributed by atoms with van der Waals surface area (Å²) < 4.78 is 21.9. The Morgan fingerprint density at radius 3 is 2.38 bits per heavy atom. The highest BCUT2D eigenvalue weighted by molar-refractivity contribution is 5.96. The van der Waals surface area contributed by atoms with E-state index < -0.39 is 11.7 Å². The molecule has 0 saturated heterocycles. The fraction of sp³-hybridized carbons (Fsp3) is 0.257. The first-order valence-corrected chi connectivity index (χ1v) is 15.1. The lowest BCUT2D eigenvalue weighted by Crippen LogP contribution is -2.44. The molecule has 3 heterocycles. The largest absolute Gasteiger partial charge is 0.438 e. The molecule has 0 radical (unpaired) electrons. The molecule has 6 rings (SSSR count). The van der Waals surface area contributed by atoms with Gasteiger partial charge in [0.15, 0.2) is 5.69 Å². The maximum atomic E-state index is 14.2. The summed E-state index contributed by atoms with van der Waals surface area (Å²) in [6.07, 6.45) is 7.02. The predicted octanol–water partition coefficient (Wildman–Crippen LogP) is 5.72. The number of aliphatic hydroxyl groups excluding tert-OH is 1. The van der Waals surface area contributed by atoms with Gasteiger partial charge in [0, 0.05) is 24.9 Å². The molecule has 10 heteroatoms. The number of aliphatic hydroxyl groups is 1. The van der Waals surface area contributed by atoms with E-state index in [4.69, 9.17) is 9.84 Å². The zero-order valence-corrected chi connectivity index (χ0v) is 24.7. The number of nitrogens with one attached hydrogen (secondary N) is 2. The molecule has 230 valence electrons. The number of amides is 2. The van der Waals surface area contributed by atoms with Crippen LogP contribution in [-0.2, 0) is 6.42 Å². The minimum absolute atomic E-state index is 0.0101. The Balaban J connectivity index is 1.06. The summed E-state index contributed by atoms with van der Waals surface area (Å²) in [5.41, 5.74) is 4.27. The first-order valence-electron chi connectivity index (χ1n) is 15.1. The lowest BCUT2D eigenvalue weighted by Gasteiger charge is -2.29. The first kappa shape index (κ1) is 30.0. The number of hydrogen-bond acceptors (Lipinski definition) is 6. The molecular weight excluding hydrogens is 573 g/mol. The number of carbonyl (C=O) groups excluding carboxylic acids is 2. The van der Waals surface area contributed by atoms with Gasteiger partial charge >= 0.3 is 0 Å². The van der Waals surface area contributed by atoms with Gasteiger partial charge in [-0.25, -0.2) is 13.9 Å². The highest BCUT2D eigenvalue weighted by Crippen LogP contribution is 2.29. The fourth-order valence-electron chi connectivity index (χ4n) is 5.62. The summed E-state index contributed by atoms with van der Waals surface area (Å²) in [6, 6.07) is 23.9. The molecule has 0 aliphatic heterocycles. The summed E-state index contributed by atoms with van der Waals surface area (Å²) in [6.45, 7) is 0.158. The van der Waals surface area contributed by atoms with E-state index in [1.807, 2.05) is 60.7 Å². The van der Waals surface area contributed by atoms with Crippen LogP contribution in [0, 0.1) is 5.82 Å². The fourth-order valence-corrected chi connectivity index (χ4v) is 5.62. The summed E-state index contributed by atoms with van der Waals surface area (Å²) in [7, 11) is 0. The van der Waals surface area contributed by atoms with Gasteiger partial charge in [0.25, 0.3) is 11.8 Å². The third-order valence-electron chi connectivity index (χ3n) is 8.02. The highest BCUT2D eigenvalue weighted by Gasteiger charge is 2.26. The average molecular weight is 608 g/mol. The van der Waals surface area contributed by atoms with Crippen molar-refractivity contribution < 1.29 is 23.8 Å². The SMILES string of the molecule is O=C(NC1CCC(NC(=O)c2cc(F)cnc2Oc2cccc(-c3ccc(CCCO)cc3)c2)CC1)c1cc2ccccn2n1. The highest BCUT2D eigenvalue weighted by atomic mass is 19.1. The molecule has 0 unspecified atom stereocenters. The van der Waals surface area contributed by atoms with Crippen LogP contribution in [-0.4, -0.2) is 50.2 Å². The molecule has 0 spiro atoms. The van der Waals surface area contributed by atoms with Crippen molar-refractivity contribution in [2.24, 2.45) is 0 Å². The summed E-state index contributed by atoms with van der Waals surface area (Å²) in [4.78, 5) is 30.2. The van der Waals surface area contributed by atoms with Gasteiger partial charge < -0.3 is 20.5 Å². The number of pyridine rings is 2. The number of ether oxygens (including phenoxy) is 1. The molecule has 5 aromatic rings. The Labute approximate surface area is 260 Å². The summed E-state index contributed by atoms with van der Waals surface area (Å²) in [5, 5.41) is 19.5. The van der Waals surface area contributed by atoms with Crippen LogP contribution in [0.2, 0.25) is 0 Å².